The summed E-state index contributed by atoms with van der Waals surface area (Å²) in [5, 5.41) is 19.5. The van der Waals surface area contributed by atoms with E-state index in [0.717, 1.165) is 4.90 Å². The second kappa shape index (κ2) is 4.68. The van der Waals surface area contributed by atoms with Gasteiger partial charge in [0.05, 0.1) is 22.9 Å². The third-order valence-electron chi connectivity index (χ3n) is 3.19. The van der Waals surface area contributed by atoms with E-state index >= 15 is 0 Å². The minimum absolute atomic E-state index is 0.296. The molecule has 7 nitrogen and oxygen atoms in total. The van der Waals surface area contributed by atoms with E-state index in [9.17, 15) is 9.59 Å². The Kier molecular flexibility index (Phi) is 2.84. The second-order valence-electron chi connectivity index (χ2n) is 4.46. The number of carbonyl (C=O) groups excluding carboxylic acids is 2. The highest BCUT2D eigenvalue weighted by Gasteiger charge is 2.32. The normalized spacial score (nSPS) is 13.0. The van der Waals surface area contributed by atoms with Crippen LogP contribution in [-0.4, -0.2) is 34.0 Å². The van der Waals surface area contributed by atoms with Gasteiger partial charge < -0.3 is 5.32 Å². The van der Waals surface area contributed by atoms with Crippen molar-refractivity contribution in [3.8, 4) is 6.07 Å². The van der Waals surface area contributed by atoms with Crippen molar-refractivity contribution in [2.45, 2.75) is 0 Å². The fourth-order valence-corrected chi connectivity index (χ4v) is 2.09. The summed E-state index contributed by atoms with van der Waals surface area (Å²) in [5.41, 5.74) is 1.59. The van der Waals surface area contributed by atoms with Gasteiger partial charge in [0.25, 0.3) is 11.8 Å². The lowest BCUT2D eigenvalue weighted by Gasteiger charge is -2.06. The zero-order valence-corrected chi connectivity index (χ0v) is 11.0. The molecule has 0 unspecified atom stereocenters. The van der Waals surface area contributed by atoms with Gasteiger partial charge >= 0.3 is 0 Å². The molecule has 3 rings (SSSR count). The maximum atomic E-state index is 11.9. The number of aromatic nitrogens is 2. The molecule has 1 aromatic carbocycles. The van der Waals surface area contributed by atoms with Crippen LogP contribution < -0.4 is 5.32 Å². The van der Waals surface area contributed by atoms with Gasteiger partial charge in [-0.15, -0.1) is 5.10 Å². The predicted octanol–water partition coefficient (Wildman–Crippen LogP) is 1.32. The molecule has 0 atom stereocenters. The highest BCUT2D eigenvalue weighted by molar-refractivity contribution is 6.21. The summed E-state index contributed by atoms with van der Waals surface area (Å²) < 4.78 is 0. The molecule has 7 heteroatoms. The van der Waals surface area contributed by atoms with Crippen molar-refractivity contribution in [3.05, 3.63) is 47.2 Å². The number of hydrogen-bond donors (Lipinski definition) is 1. The van der Waals surface area contributed by atoms with Crippen LogP contribution in [0.25, 0.3) is 0 Å². The number of amides is 2. The summed E-state index contributed by atoms with van der Waals surface area (Å²) >= 11 is 0. The van der Waals surface area contributed by atoms with Crippen LogP contribution in [-0.2, 0) is 0 Å². The number of carbonyl (C=O) groups is 2. The van der Waals surface area contributed by atoms with Crippen LogP contribution in [0.5, 0.6) is 0 Å². The van der Waals surface area contributed by atoms with Crippen molar-refractivity contribution in [2.75, 3.05) is 12.4 Å². The van der Waals surface area contributed by atoms with Crippen LogP contribution in [0.3, 0.4) is 0 Å². The molecule has 0 saturated heterocycles. The molecular weight excluding hydrogens is 270 g/mol. The monoisotopic (exact) mass is 279 g/mol. The molecular formula is C14H9N5O2. The Morgan fingerprint density at radius 1 is 1.19 bits per heavy atom. The van der Waals surface area contributed by atoms with Gasteiger partial charge in [-0.1, -0.05) is 0 Å². The molecule has 1 aliphatic heterocycles. The van der Waals surface area contributed by atoms with Crippen molar-refractivity contribution in [1.82, 2.24) is 15.1 Å². The number of imide groups is 1. The number of nitriles is 1. The Morgan fingerprint density at radius 2 is 1.95 bits per heavy atom. The van der Waals surface area contributed by atoms with Crippen molar-refractivity contribution >= 4 is 23.3 Å². The lowest BCUT2D eigenvalue weighted by molar-refractivity contribution is 0.0693. The zero-order chi connectivity index (χ0) is 15.0. The van der Waals surface area contributed by atoms with Crippen LogP contribution in [0.4, 0.5) is 11.5 Å². The summed E-state index contributed by atoms with van der Waals surface area (Å²) in [6, 6.07) is 8.32. The number of hydrogen-bond acceptors (Lipinski definition) is 6. The Bertz CT molecular complexity index is 809. The third kappa shape index (κ3) is 1.99. The van der Waals surface area contributed by atoms with Gasteiger partial charge in [-0.2, -0.15) is 10.4 Å². The van der Waals surface area contributed by atoms with E-state index < -0.39 is 0 Å². The van der Waals surface area contributed by atoms with E-state index in [4.69, 9.17) is 5.26 Å². The van der Waals surface area contributed by atoms with Crippen molar-refractivity contribution in [1.29, 1.82) is 5.26 Å². The highest BCUT2D eigenvalue weighted by atomic mass is 16.2. The first kappa shape index (κ1) is 12.7. The van der Waals surface area contributed by atoms with Crippen LogP contribution in [0.1, 0.15) is 26.3 Å². The molecule has 2 aromatic rings. The quantitative estimate of drug-likeness (QED) is 0.832. The lowest BCUT2D eigenvalue weighted by atomic mass is 10.1. The summed E-state index contributed by atoms with van der Waals surface area (Å²) in [7, 11) is 1.44. The zero-order valence-electron chi connectivity index (χ0n) is 11.0. The molecule has 0 aliphatic carbocycles. The van der Waals surface area contributed by atoms with E-state index in [0.29, 0.717) is 28.2 Å². The molecule has 2 heterocycles. The van der Waals surface area contributed by atoms with Gasteiger partial charge in [0.2, 0.25) is 0 Å². The van der Waals surface area contributed by atoms with Gasteiger partial charge in [-0.05, 0) is 24.3 Å². The highest BCUT2D eigenvalue weighted by Crippen LogP contribution is 2.26. The van der Waals surface area contributed by atoms with Crippen LogP contribution in [0, 0.1) is 11.3 Å². The van der Waals surface area contributed by atoms with E-state index in [1.165, 1.54) is 19.3 Å². The molecule has 2 amide bonds. The second-order valence-corrected chi connectivity index (χ2v) is 4.46. The molecule has 0 spiro atoms. The number of fused-ring (bicyclic) bond motifs is 1. The topological polar surface area (TPSA) is 99.0 Å². The van der Waals surface area contributed by atoms with Crippen molar-refractivity contribution < 1.29 is 9.59 Å². The Morgan fingerprint density at radius 3 is 2.71 bits per heavy atom. The van der Waals surface area contributed by atoms with Crippen molar-refractivity contribution in [3.63, 3.8) is 0 Å². The fourth-order valence-electron chi connectivity index (χ4n) is 2.09. The van der Waals surface area contributed by atoms with Crippen LogP contribution in [0.2, 0.25) is 0 Å². The summed E-state index contributed by atoms with van der Waals surface area (Å²) in [6.45, 7) is 0. The minimum Gasteiger partial charge on any atom is -0.338 e. The Balaban J connectivity index is 1.98. The smallest absolute Gasteiger partial charge is 0.261 e. The maximum absolute atomic E-state index is 11.9. The molecule has 0 fully saturated rings. The number of anilines is 2. The van der Waals surface area contributed by atoms with Gasteiger partial charge in [0.15, 0.2) is 5.82 Å². The Hall–Kier alpha value is -3.27. The average molecular weight is 279 g/mol. The predicted molar refractivity (Wildman–Crippen MR) is 72.9 cm³/mol. The van der Waals surface area contributed by atoms with Gasteiger partial charge in [0, 0.05) is 12.7 Å². The van der Waals surface area contributed by atoms with Crippen LogP contribution >= 0.6 is 0 Å². The van der Waals surface area contributed by atoms with Crippen molar-refractivity contribution in [2.24, 2.45) is 0 Å². The Labute approximate surface area is 119 Å². The number of benzene rings is 1. The van der Waals surface area contributed by atoms with Gasteiger partial charge in [-0.25, -0.2) is 0 Å². The third-order valence-corrected chi connectivity index (χ3v) is 3.19. The van der Waals surface area contributed by atoms with E-state index in [1.807, 2.05) is 6.07 Å². The molecule has 0 saturated carbocycles. The van der Waals surface area contributed by atoms with E-state index in [2.05, 4.69) is 15.5 Å². The SMILES string of the molecule is CN1C(=O)c2ccc(Nc3nnccc3C#N)cc2C1=O. The van der Waals surface area contributed by atoms with Gasteiger partial charge in [-0.3, -0.25) is 14.5 Å². The average Bonchev–Trinajstić information content (AvgIpc) is 2.72. The number of nitrogens with one attached hydrogen (secondary N) is 1. The molecule has 1 N–H and O–H groups in total. The van der Waals surface area contributed by atoms with Crippen LogP contribution in [0.15, 0.2) is 30.5 Å². The van der Waals surface area contributed by atoms with E-state index in [1.54, 1.807) is 18.2 Å². The first-order valence-corrected chi connectivity index (χ1v) is 6.07. The number of nitrogens with zero attached hydrogens (tertiary/aromatic N) is 4. The molecule has 21 heavy (non-hydrogen) atoms. The molecule has 0 radical (unpaired) electrons. The standard InChI is InChI=1S/C14H9N5O2/c1-19-13(20)10-3-2-9(6-11(10)14(19)21)17-12-8(7-15)4-5-16-18-12/h2-6H,1H3,(H,17,18). The van der Waals surface area contributed by atoms with Gasteiger partial charge in [0.1, 0.15) is 6.07 Å². The summed E-state index contributed by atoms with van der Waals surface area (Å²) in [4.78, 5) is 24.8. The van der Waals surface area contributed by atoms with E-state index in [-0.39, 0.29) is 11.8 Å². The first-order chi connectivity index (χ1) is 10.1. The largest absolute Gasteiger partial charge is 0.338 e. The molecule has 1 aromatic heterocycles. The summed E-state index contributed by atoms with van der Waals surface area (Å²) in [5.74, 6) is -0.373. The molecule has 102 valence electrons. The molecule has 1 aliphatic rings. The lowest BCUT2D eigenvalue weighted by Crippen LogP contribution is -2.24. The number of rotatable bonds is 2. The minimum atomic E-state index is -0.349. The molecule has 0 bridgehead atoms. The maximum Gasteiger partial charge on any atom is 0.261 e. The summed E-state index contributed by atoms with van der Waals surface area (Å²) in [6.07, 6.45) is 1.42. The fraction of sp³-hybridized carbons (Fsp3) is 0.0714. The first-order valence-electron chi connectivity index (χ1n) is 6.07.